The van der Waals surface area contributed by atoms with E-state index in [9.17, 15) is 0 Å². The highest BCUT2D eigenvalue weighted by molar-refractivity contribution is 14.1. The summed E-state index contributed by atoms with van der Waals surface area (Å²) in [5.41, 5.74) is 6.07. The second-order valence-electron chi connectivity index (χ2n) is 0.450. The van der Waals surface area contributed by atoms with Gasteiger partial charge in [-0.15, -0.1) is 0 Å². The molecule has 0 aromatic rings. The molecule has 0 aliphatic heterocycles. The molecule has 0 bridgehead atoms. The number of alkyl halides is 1. The van der Waals surface area contributed by atoms with Gasteiger partial charge in [-0.3, -0.25) is 0 Å². The van der Waals surface area contributed by atoms with Gasteiger partial charge < -0.3 is 0 Å². The molecule has 0 unspecified atom stereocenters. The first-order valence-corrected chi connectivity index (χ1v) is 2.73. The van der Waals surface area contributed by atoms with E-state index in [4.69, 9.17) is 5.53 Å². The van der Waals surface area contributed by atoms with Crippen LogP contribution in [0.3, 0.4) is 0 Å². The molecule has 0 aromatic heterocycles. The molecule has 0 spiro atoms. The van der Waals surface area contributed by atoms with Crippen LogP contribution in [0, 0.1) is 5.53 Å². The highest BCUT2D eigenvalue weighted by Gasteiger charge is 1.59. The standard InChI is InChI=1S/CH3IN4/c2-1-4-6-5-3/h3H,1H2/b5-3?,6-4-. The third-order valence-corrected chi connectivity index (χ3v) is 0.467. The molecule has 0 atom stereocenters. The van der Waals surface area contributed by atoms with Gasteiger partial charge in [-0.05, 0) is 10.4 Å². The Bertz CT molecular complexity index is 58.6. The first-order valence-electron chi connectivity index (χ1n) is 1.21. The summed E-state index contributed by atoms with van der Waals surface area (Å²) in [6.45, 7) is 0. The van der Waals surface area contributed by atoms with Crippen LogP contribution < -0.4 is 0 Å². The van der Waals surface area contributed by atoms with Crippen molar-refractivity contribution in [3.8, 4) is 0 Å². The molecule has 34 valence electrons. The third-order valence-electron chi connectivity index (χ3n) is 0.161. The van der Waals surface area contributed by atoms with E-state index in [0.29, 0.717) is 4.55 Å². The van der Waals surface area contributed by atoms with Gasteiger partial charge >= 0.3 is 0 Å². The van der Waals surface area contributed by atoms with Crippen molar-refractivity contribution in [1.82, 2.24) is 0 Å². The number of hydrogen-bond acceptors (Lipinski definition) is 2. The van der Waals surface area contributed by atoms with Gasteiger partial charge in [0, 0.05) is 0 Å². The van der Waals surface area contributed by atoms with Gasteiger partial charge in [-0.2, -0.15) is 10.6 Å². The Morgan fingerprint density at radius 3 is 2.50 bits per heavy atom. The summed E-state index contributed by atoms with van der Waals surface area (Å²) < 4.78 is 0.570. The van der Waals surface area contributed by atoms with Gasteiger partial charge in [0.15, 0.2) is 0 Å². The number of halogens is 1. The van der Waals surface area contributed by atoms with Crippen LogP contribution in [-0.2, 0) is 0 Å². The number of hydrogen-bond donors (Lipinski definition) is 1. The SMILES string of the molecule is N=N/N=N\CI. The smallest absolute Gasteiger partial charge is 0.114 e. The maximum absolute atomic E-state index is 6.07. The van der Waals surface area contributed by atoms with Gasteiger partial charge in [-0.25, -0.2) is 0 Å². The molecular weight excluding hydrogens is 195 g/mol. The van der Waals surface area contributed by atoms with Gasteiger partial charge in [-0.1, -0.05) is 22.6 Å². The fourth-order valence-corrected chi connectivity index (χ4v) is 0.192. The van der Waals surface area contributed by atoms with Crippen molar-refractivity contribution in [1.29, 1.82) is 5.53 Å². The van der Waals surface area contributed by atoms with E-state index in [1.807, 2.05) is 22.6 Å². The van der Waals surface area contributed by atoms with E-state index in [-0.39, 0.29) is 0 Å². The molecule has 0 saturated heterocycles. The number of nitrogens with one attached hydrogen (secondary N) is 1. The molecule has 0 rings (SSSR count). The average molecular weight is 198 g/mol. The van der Waals surface area contributed by atoms with Crippen molar-refractivity contribution >= 4 is 22.6 Å². The zero-order chi connectivity index (χ0) is 4.83. The van der Waals surface area contributed by atoms with Crippen LogP contribution in [0.25, 0.3) is 0 Å². The van der Waals surface area contributed by atoms with Gasteiger partial charge in [0.2, 0.25) is 0 Å². The van der Waals surface area contributed by atoms with Crippen molar-refractivity contribution in [3.05, 3.63) is 0 Å². The van der Waals surface area contributed by atoms with E-state index in [0.717, 1.165) is 0 Å². The molecule has 0 radical (unpaired) electrons. The summed E-state index contributed by atoms with van der Waals surface area (Å²) >= 11 is 2.01. The zero-order valence-corrected chi connectivity index (χ0v) is 5.08. The molecule has 0 heterocycles. The lowest BCUT2D eigenvalue weighted by Gasteiger charge is -1.64. The Labute approximate surface area is 48.7 Å². The van der Waals surface area contributed by atoms with E-state index in [2.05, 4.69) is 15.6 Å². The second kappa shape index (κ2) is 4.93. The topological polar surface area (TPSA) is 60.9 Å². The average Bonchev–Trinajstić information content (AvgIpc) is 1.61. The lowest BCUT2D eigenvalue weighted by Crippen LogP contribution is -1.49. The van der Waals surface area contributed by atoms with Crippen LogP contribution in [0.5, 0.6) is 0 Å². The van der Waals surface area contributed by atoms with Gasteiger partial charge in [0.1, 0.15) is 4.55 Å². The van der Waals surface area contributed by atoms with Crippen LogP contribution >= 0.6 is 22.6 Å². The van der Waals surface area contributed by atoms with Crippen LogP contribution in [-0.4, -0.2) is 4.55 Å². The second-order valence-corrected chi connectivity index (χ2v) is 1.13. The molecule has 0 fully saturated rings. The summed E-state index contributed by atoms with van der Waals surface area (Å²) in [4.78, 5) is 0. The summed E-state index contributed by atoms with van der Waals surface area (Å²) in [6.07, 6.45) is 0. The molecule has 0 aromatic carbocycles. The fraction of sp³-hybridized carbons (Fsp3) is 1.00. The van der Waals surface area contributed by atoms with E-state index in [1.165, 1.54) is 0 Å². The Morgan fingerprint density at radius 1 is 1.67 bits per heavy atom. The molecule has 0 aliphatic rings. The van der Waals surface area contributed by atoms with Gasteiger partial charge in [0.25, 0.3) is 0 Å². The van der Waals surface area contributed by atoms with Crippen LogP contribution in [0.15, 0.2) is 15.6 Å². The number of rotatable bonds is 2. The summed E-state index contributed by atoms with van der Waals surface area (Å²) in [6, 6.07) is 0. The minimum absolute atomic E-state index is 0.570. The molecule has 6 heavy (non-hydrogen) atoms. The van der Waals surface area contributed by atoms with Crippen LogP contribution in [0.1, 0.15) is 0 Å². The normalized spacial score (nSPS) is 9.50. The first-order chi connectivity index (χ1) is 2.91. The molecule has 0 saturated carbocycles. The first kappa shape index (κ1) is 5.93. The lowest BCUT2D eigenvalue weighted by molar-refractivity contribution is 0.887. The monoisotopic (exact) mass is 198 g/mol. The molecule has 4 nitrogen and oxygen atoms in total. The van der Waals surface area contributed by atoms with E-state index in [1.54, 1.807) is 0 Å². The maximum Gasteiger partial charge on any atom is 0.114 e. The molecule has 5 heteroatoms. The van der Waals surface area contributed by atoms with Crippen molar-refractivity contribution in [2.45, 2.75) is 0 Å². The summed E-state index contributed by atoms with van der Waals surface area (Å²) in [5, 5.41) is 8.98. The fourth-order valence-electron chi connectivity index (χ4n) is 0.0555. The van der Waals surface area contributed by atoms with Crippen molar-refractivity contribution in [2.75, 3.05) is 4.55 Å². The van der Waals surface area contributed by atoms with E-state index >= 15 is 0 Å². The number of nitrogens with zero attached hydrogens (tertiary/aromatic N) is 3. The predicted molar refractivity (Wildman–Crippen MR) is 28.9 cm³/mol. The Kier molecular flexibility index (Phi) is 4.87. The van der Waals surface area contributed by atoms with Crippen LogP contribution in [0.2, 0.25) is 0 Å². The van der Waals surface area contributed by atoms with E-state index < -0.39 is 0 Å². The minimum atomic E-state index is 0.570. The molecule has 1 N–H and O–H groups in total. The highest BCUT2D eigenvalue weighted by atomic mass is 127. The lowest BCUT2D eigenvalue weighted by atomic mass is 11.5. The minimum Gasteiger partial charge on any atom is -0.183 e. The predicted octanol–water partition coefficient (Wildman–Crippen LogP) is 1.78. The van der Waals surface area contributed by atoms with Crippen molar-refractivity contribution in [2.24, 2.45) is 15.6 Å². The maximum atomic E-state index is 6.07. The Morgan fingerprint density at radius 2 is 2.33 bits per heavy atom. The van der Waals surface area contributed by atoms with Crippen molar-refractivity contribution < 1.29 is 0 Å². The summed E-state index contributed by atoms with van der Waals surface area (Å²) in [7, 11) is 0. The Balaban J connectivity index is 2.94. The quantitative estimate of drug-likeness (QED) is 0.231. The third kappa shape index (κ3) is 3.93. The summed E-state index contributed by atoms with van der Waals surface area (Å²) in [5.74, 6) is 0. The Hall–Kier alpha value is -0.0700. The van der Waals surface area contributed by atoms with Gasteiger partial charge in [0.05, 0.1) is 0 Å². The largest absolute Gasteiger partial charge is 0.183 e. The van der Waals surface area contributed by atoms with Crippen molar-refractivity contribution in [3.63, 3.8) is 0 Å². The van der Waals surface area contributed by atoms with Crippen LogP contribution in [0.4, 0.5) is 0 Å². The highest BCUT2D eigenvalue weighted by Crippen LogP contribution is 1.82. The zero-order valence-electron chi connectivity index (χ0n) is 2.93. The molecule has 0 aliphatic carbocycles. The molecular formula is CH3IN4. The molecule has 0 amide bonds.